The van der Waals surface area contributed by atoms with Crippen molar-refractivity contribution in [2.45, 2.75) is 32.7 Å². The summed E-state index contributed by atoms with van der Waals surface area (Å²) in [5.41, 5.74) is 1.49. The van der Waals surface area contributed by atoms with Crippen molar-refractivity contribution >= 4 is 66.6 Å². The van der Waals surface area contributed by atoms with Gasteiger partial charge in [-0.25, -0.2) is 9.79 Å². The molecule has 10 heteroatoms. The topological polar surface area (TPSA) is 69.9 Å². The molecular formula is C24H22Br2N2O4S2. The second kappa shape index (κ2) is 10.7. The lowest BCUT2D eigenvalue weighted by atomic mass is 9.93. The highest BCUT2D eigenvalue weighted by atomic mass is 79.9. The second-order valence-electron chi connectivity index (χ2n) is 7.44. The van der Waals surface area contributed by atoms with Crippen LogP contribution in [0.3, 0.4) is 0 Å². The van der Waals surface area contributed by atoms with Gasteiger partial charge in [0.2, 0.25) is 0 Å². The third-order valence-electron chi connectivity index (χ3n) is 5.25. The lowest BCUT2D eigenvalue weighted by molar-refractivity contribution is -0.139. The Labute approximate surface area is 221 Å². The van der Waals surface area contributed by atoms with Crippen molar-refractivity contribution in [2.24, 2.45) is 4.99 Å². The summed E-state index contributed by atoms with van der Waals surface area (Å²) in [6.45, 7) is 4.02. The quantitative estimate of drug-likeness (QED) is 0.340. The predicted octanol–water partition coefficient (Wildman–Crippen LogP) is 5.17. The number of benzene rings is 1. The Hall–Kier alpha value is -2.01. The number of allylic oxidation sites excluding steroid dienone is 1. The van der Waals surface area contributed by atoms with Crippen LogP contribution in [-0.2, 0) is 9.53 Å². The molecule has 0 aliphatic carbocycles. The molecule has 3 aromatic rings. The molecule has 4 rings (SSSR count). The van der Waals surface area contributed by atoms with E-state index in [9.17, 15) is 9.59 Å². The van der Waals surface area contributed by atoms with Crippen LogP contribution in [0.5, 0.6) is 5.75 Å². The van der Waals surface area contributed by atoms with Crippen molar-refractivity contribution in [3.8, 4) is 5.75 Å². The van der Waals surface area contributed by atoms with Crippen LogP contribution in [0.4, 0.5) is 0 Å². The SMILES string of the molecule is CCCC1=C(C(=O)OCC)[C@H](c2cc(Br)ccc2OC)n2c(s/c(=C/c3ccc(Br)s3)c2=O)=N1. The van der Waals surface area contributed by atoms with Crippen molar-refractivity contribution in [2.75, 3.05) is 13.7 Å². The number of nitrogens with zero attached hydrogens (tertiary/aromatic N) is 2. The highest BCUT2D eigenvalue weighted by molar-refractivity contribution is 9.11. The van der Waals surface area contributed by atoms with Gasteiger partial charge in [-0.15, -0.1) is 11.3 Å². The lowest BCUT2D eigenvalue weighted by Crippen LogP contribution is -2.40. The van der Waals surface area contributed by atoms with Gasteiger partial charge in [-0.1, -0.05) is 40.6 Å². The summed E-state index contributed by atoms with van der Waals surface area (Å²) in [6, 6.07) is 8.74. The first-order valence-electron chi connectivity index (χ1n) is 10.7. The van der Waals surface area contributed by atoms with Gasteiger partial charge in [0.15, 0.2) is 4.80 Å². The Morgan fingerprint density at radius 1 is 1.21 bits per heavy atom. The summed E-state index contributed by atoms with van der Waals surface area (Å²) in [4.78, 5) is 33.3. The normalized spacial score (nSPS) is 15.8. The molecule has 1 aromatic carbocycles. The maximum absolute atomic E-state index is 13.7. The Bertz CT molecular complexity index is 1450. The van der Waals surface area contributed by atoms with E-state index < -0.39 is 12.0 Å². The maximum atomic E-state index is 13.7. The number of hydrogen-bond acceptors (Lipinski definition) is 7. The number of hydrogen-bond donors (Lipinski definition) is 0. The van der Waals surface area contributed by atoms with Crippen molar-refractivity contribution in [1.29, 1.82) is 0 Å². The average Bonchev–Trinajstić information content (AvgIpc) is 3.35. The molecule has 0 spiro atoms. The van der Waals surface area contributed by atoms with E-state index in [1.165, 1.54) is 11.3 Å². The Balaban J connectivity index is 2.05. The highest BCUT2D eigenvalue weighted by Gasteiger charge is 2.36. The predicted molar refractivity (Wildman–Crippen MR) is 142 cm³/mol. The van der Waals surface area contributed by atoms with Gasteiger partial charge >= 0.3 is 5.97 Å². The molecule has 1 aliphatic rings. The molecule has 0 radical (unpaired) electrons. The molecule has 0 bridgehead atoms. The molecule has 178 valence electrons. The van der Waals surface area contributed by atoms with Gasteiger partial charge in [-0.3, -0.25) is 9.36 Å². The van der Waals surface area contributed by atoms with E-state index in [1.54, 1.807) is 29.9 Å². The molecule has 1 aliphatic heterocycles. The summed E-state index contributed by atoms with van der Waals surface area (Å²) in [6.07, 6.45) is 3.24. The highest BCUT2D eigenvalue weighted by Crippen LogP contribution is 2.38. The Kier molecular flexibility index (Phi) is 7.91. The summed E-state index contributed by atoms with van der Waals surface area (Å²) >= 11 is 9.86. The standard InChI is InChI=1S/C24H22Br2N2O4S2/c1-4-6-16-20(23(30)32-5-2)21(15-11-13(25)7-9-17(15)31-3)28-22(29)18(34-24(28)27-16)12-14-8-10-19(26)33-14/h7-12,21H,4-6H2,1-3H3/b18-12+/t21-/m0/s1. The molecule has 6 nitrogen and oxygen atoms in total. The van der Waals surface area contributed by atoms with E-state index in [4.69, 9.17) is 14.5 Å². The van der Waals surface area contributed by atoms with Crippen molar-refractivity contribution in [1.82, 2.24) is 4.57 Å². The largest absolute Gasteiger partial charge is 0.496 e. The zero-order valence-electron chi connectivity index (χ0n) is 18.8. The molecule has 0 N–H and O–H groups in total. The van der Waals surface area contributed by atoms with E-state index in [-0.39, 0.29) is 12.2 Å². The fourth-order valence-corrected chi connectivity index (χ4v) is 6.70. The van der Waals surface area contributed by atoms with Gasteiger partial charge in [0, 0.05) is 14.9 Å². The van der Waals surface area contributed by atoms with Gasteiger partial charge in [-0.05, 0) is 65.7 Å². The lowest BCUT2D eigenvalue weighted by Gasteiger charge is -2.27. The molecule has 0 fully saturated rings. The maximum Gasteiger partial charge on any atom is 0.338 e. The van der Waals surface area contributed by atoms with Gasteiger partial charge in [0.05, 0.1) is 33.3 Å². The number of halogens is 2. The number of fused-ring (bicyclic) bond motifs is 1. The zero-order chi connectivity index (χ0) is 24.4. The first-order valence-corrected chi connectivity index (χ1v) is 13.9. The Morgan fingerprint density at radius 3 is 2.65 bits per heavy atom. The van der Waals surface area contributed by atoms with Crippen LogP contribution in [-0.4, -0.2) is 24.3 Å². The molecule has 34 heavy (non-hydrogen) atoms. The third kappa shape index (κ3) is 4.86. The minimum atomic E-state index is -0.721. The van der Waals surface area contributed by atoms with E-state index in [0.717, 1.165) is 19.6 Å². The fraction of sp³-hybridized carbons (Fsp3) is 0.292. The molecule has 1 atom stereocenters. The summed E-state index contributed by atoms with van der Waals surface area (Å²) in [5.74, 6) is 0.0997. The van der Waals surface area contributed by atoms with Crippen molar-refractivity contribution < 1.29 is 14.3 Å². The second-order valence-corrected chi connectivity index (χ2v) is 11.9. The number of aromatic nitrogens is 1. The number of ether oxygens (including phenoxy) is 2. The molecule has 2 aromatic heterocycles. The van der Waals surface area contributed by atoms with Gasteiger partial charge in [-0.2, -0.15) is 0 Å². The van der Waals surface area contributed by atoms with Gasteiger partial charge < -0.3 is 9.47 Å². The molecule has 0 saturated heterocycles. The molecule has 0 unspecified atom stereocenters. The molecule has 0 amide bonds. The zero-order valence-corrected chi connectivity index (χ0v) is 23.6. The number of carbonyl (C=O) groups excluding carboxylic acids is 1. The summed E-state index contributed by atoms with van der Waals surface area (Å²) in [7, 11) is 1.58. The first kappa shape index (κ1) is 25.1. The van der Waals surface area contributed by atoms with Crippen LogP contribution in [0.2, 0.25) is 0 Å². The number of carbonyl (C=O) groups is 1. The minimum absolute atomic E-state index is 0.211. The monoisotopic (exact) mass is 624 g/mol. The smallest absolute Gasteiger partial charge is 0.338 e. The van der Waals surface area contributed by atoms with E-state index >= 15 is 0 Å². The van der Waals surface area contributed by atoms with Crippen LogP contribution < -0.4 is 19.6 Å². The molecular weight excluding hydrogens is 604 g/mol. The van der Waals surface area contributed by atoms with Crippen LogP contribution >= 0.6 is 54.5 Å². The number of thiazole rings is 1. The van der Waals surface area contributed by atoms with E-state index in [1.807, 2.05) is 43.3 Å². The van der Waals surface area contributed by atoms with Crippen molar-refractivity contribution in [3.63, 3.8) is 0 Å². The first-order chi connectivity index (χ1) is 16.4. The third-order valence-corrected chi connectivity index (χ3v) is 8.29. The minimum Gasteiger partial charge on any atom is -0.496 e. The van der Waals surface area contributed by atoms with Crippen LogP contribution in [0, 0.1) is 0 Å². The number of thiophene rings is 1. The van der Waals surface area contributed by atoms with E-state index in [2.05, 4.69) is 31.9 Å². The molecule has 0 saturated carbocycles. The van der Waals surface area contributed by atoms with Crippen molar-refractivity contribution in [3.05, 3.63) is 80.0 Å². The van der Waals surface area contributed by atoms with Crippen LogP contribution in [0.15, 0.2) is 59.6 Å². The summed E-state index contributed by atoms with van der Waals surface area (Å²) < 4.78 is 15.0. The average molecular weight is 626 g/mol. The molecule has 3 heterocycles. The number of rotatable bonds is 7. The fourth-order valence-electron chi connectivity index (χ4n) is 3.87. The van der Waals surface area contributed by atoms with Gasteiger partial charge in [0.1, 0.15) is 11.8 Å². The Morgan fingerprint density at radius 2 is 2.00 bits per heavy atom. The van der Waals surface area contributed by atoms with Crippen LogP contribution in [0.1, 0.15) is 43.2 Å². The van der Waals surface area contributed by atoms with Gasteiger partial charge in [0.25, 0.3) is 5.56 Å². The van der Waals surface area contributed by atoms with Crippen LogP contribution in [0.25, 0.3) is 6.08 Å². The number of methoxy groups -OCH3 is 1. The summed E-state index contributed by atoms with van der Waals surface area (Å²) in [5, 5.41) is 0. The number of esters is 1. The van der Waals surface area contributed by atoms with E-state index in [0.29, 0.717) is 38.3 Å².